The minimum atomic E-state index is -0.871. The number of piperazine rings is 1. The number of ether oxygens (including phenoxy) is 1. The van der Waals surface area contributed by atoms with E-state index < -0.39 is 11.9 Å². The Labute approximate surface area is 197 Å². The number of imidazole rings is 1. The summed E-state index contributed by atoms with van der Waals surface area (Å²) in [5.74, 6) is -0.289. The first-order chi connectivity index (χ1) is 16.2. The number of amides is 2. The van der Waals surface area contributed by atoms with Crippen molar-refractivity contribution in [3.63, 3.8) is 0 Å². The number of nitrogens with zero attached hydrogens (tertiary/aromatic N) is 1. The van der Waals surface area contributed by atoms with Gasteiger partial charge in [-0.1, -0.05) is 39.0 Å². The van der Waals surface area contributed by atoms with Crippen molar-refractivity contribution in [3.8, 4) is 5.75 Å². The Balaban J connectivity index is 1.55. The van der Waals surface area contributed by atoms with Crippen molar-refractivity contribution in [1.29, 1.82) is 0 Å². The molecule has 1 atom stereocenters. The minimum Gasteiger partial charge on any atom is -0.497 e. The molecule has 8 nitrogen and oxygen atoms in total. The highest BCUT2D eigenvalue weighted by molar-refractivity contribution is 6.10. The van der Waals surface area contributed by atoms with Crippen LogP contribution in [-0.2, 0) is 15.0 Å². The van der Waals surface area contributed by atoms with Crippen LogP contribution in [0.4, 0.5) is 0 Å². The van der Waals surface area contributed by atoms with Crippen molar-refractivity contribution in [2.45, 2.75) is 32.2 Å². The number of carbonyl (C=O) groups excluding carboxylic acids is 3. The molecule has 1 aromatic heterocycles. The van der Waals surface area contributed by atoms with Gasteiger partial charge in [0.2, 0.25) is 0 Å². The van der Waals surface area contributed by atoms with Gasteiger partial charge in [0.15, 0.2) is 11.8 Å². The van der Waals surface area contributed by atoms with Crippen molar-refractivity contribution in [1.82, 2.24) is 20.6 Å². The standard InChI is InChI=1S/C26H26N4O4/c1-26(2,3)23-20(27-14-28-23)21-25(33)29-19(24(32)30-21)13-15-6-5-7-17(12-15)22(31)16-8-10-18(34-4)11-9-16/h5-14,21H,1-4H3,(H,27,28)(H,29,33)(H,30,32)/b19-13-. The third kappa shape index (κ3) is 4.61. The molecule has 8 heteroatoms. The maximum absolute atomic E-state index is 12.9. The van der Waals surface area contributed by atoms with Crippen LogP contribution in [0.3, 0.4) is 0 Å². The number of carbonyl (C=O) groups is 3. The van der Waals surface area contributed by atoms with Gasteiger partial charge in [0.05, 0.1) is 24.8 Å². The van der Waals surface area contributed by atoms with Crippen molar-refractivity contribution in [2.24, 2.45) is 0 Å². The van der Waals surface area contributed by atoms with Gasteiger partial charge in [-0.05, 0) is 42.0 Å². The average Bonchev–Trinajstić information content (AvgIpc) is 3.31. The predicted octanol–water partition coefficient (Wildman–Crippen LogP) is 3.28. The largest absolute Gasteiger partial charge is 0.497 e. The van der Waals surface area contributed by atoms with E-state index in [1.54, 1.807) is 61.7 Å². The molecule has 1 aliphatic rings. The summed E-state index contributed by atoms with van der Waals surface area (Å²) in [6.45, 7) is 5.96. The van der Waals surface area contributed by atoms with Gasteiger partial charge >= 0.3 is 0 Å². The Morgan fingerprint density at radius 2 is 1.79 bits per heavy atom. The van der Waals surface area contributed by atoms with Crippen LogP contribution in [-0.4, -0.2) is 34.7 Å². The molecule has 2 amide bonds. The Morgan fingerprint density at radius 1 is 1.06 bits per heavy atom. The normalized spacial score (nSPS) is 17.3. The lowest BCUT2D eigenvalue weighted by Crippen LogP contribution is -2.50. The van der Waals surface area contributed by atoms with Crippen LogP contribution in [0, 0.1) is 0 Å². The van der Waals surface area contributed by atoms with E-state index in [1.807, 2.05) is 20.8 Å². The van der Waals surface area contributed by atoms with Gasteiger partial charge in [-0.15, -0.1) is 0 Å². The van der Waals surface area contributed by atoms with E-state index in [2.05, 4.69) is 20.6 Å². The molecule has 0 radical (unpaired) electrons. The first kappa shape index (κ1) is 23.0. The summed E-state index contributed by atoms with van der Waals surface area (Å²) < 4.78 is 5.13. The number of rotatable bonds is 5. The number of methoxy groups -OCH3 is 1. The maximum atomic E-state index is 12.9. The zero-order valence-corrected chi connectivity index (χ0v) is 19.4. The highest BCUT2D eigenvalue weighted by atomic mass is 16.5. The number of hydrogen-bond acceptors (Lipinski definition) is 5. The zero-order chi connectivity index (χ0) is 24.5. The topological polar surface area (TPSA) is 113 Å². The average molecular weight is 459 g/mol. The van der Waals surface area contributed by atoms with Crippen LogP contribution < -0.4 is 15.4 Å². The van der Waals surface area contributed by atoms with Crippen molar-refractivity contribution >= 4 is 23.7 Å². The van der Waals surface area contributed by atoms with E-state index in [0.29, 0.717) is 33.8 Å². The molecule has 3 N–H and O–H groups in total. The fourth-order valence-electron chi connectivity index (χ4n) is 3.81. The Hall–Kier alpha value is -4.20. The van der Waals surface area contributed by atoms with E-state index >= 15 is 0 Å². The van der Waals surface area contributed by atoms with Crippen LogP contribution in [0.1, 0.15) is 59.7 Å². The summed E-state index contributed by atoms with van der Waals surface area (Å²) in [4.78, 5) is 45.8. The second kappa shape index (κ2) is 8.97. The highest BCUT2D eigenvalue weighted by Gasteiger charge is 2.36. The number of nitrogens with one attached hydrogen (secondary N) is 3. The lowest BCUT2D eigenvalue weighted by Gasteiger charge is -2.27. The SMILES string of the molecule is COc1ccc(C(=O)c2cccc(/C=C3\NC(=O)C(c4[nH]cnc4C(C)(C)C)NC3=O)c2)cc1. The van der Waals surface area contributed by atoms with Gasteiger partial charge in [-0.3, -0.25) is 14.4 Å². The third-order valence-electron chi connectivity index (χ3n) is 5.52. The number of H-pyrrole nitrogens is 1. The molecule has 174 valence electrons. The van der Waals surface area contributed by atoms with Crippen molar-refractivity contribution < 1.29 is 19.1 Å². The van der Waals surface area contributed by atoms with Gasteiger partial charge in [0.25, 0.3) is 11.8 Å². The summed E-state index contributed by atoms with van der Waals surface area (Å²) in [5.41, 5.74) is 2.67. The van der Waals surface area contributed by atoms with Crippen LogP contribution in [0.15, 0.2) is 60.6 Å². The van der Waals surface area contributed by atoms with E-state index in [0.717, 1.165) is 0 Å². The van der Waals surface area contributed by atoms with Crippen LogP contribution in [0.25, 0.3) is 6.08 Å². The molecule has 2 heterocycles. The molecule has 0 spiro atoms. The Morgan fingerprint density at radius 3 is 2.47 bits per heavy atom. The first-order valence-corrected chi connectivity index (χ1v) is 10.8. The molecule has 1 fully saturated rings. The molecule has 34 heavy (non-hydrogen) atoms. The Bertz CT molecular complexity index is 1280. The molecule has 1 saturated heterocycles. The maximum Gasteiger partial charge on any atom is 0.268 e. The number of benzene rings is 2. The fraction of sp³-hybridized carbons (Fsp3) is 0.231. The van der Waals surface area contributed by atoms with Gasteiger partial charge in [-0.2, -0.15) is 0 Å². The van der Waals surface area contributed by atoms with E-state index in [4.69, 9.17) is 4.74 Å². The molecule has 4 rings (SSSR count). The molecule has 3 aromatic rings. The summed E-state index contributed by atoms with van der Waals surface area (Å²) >= 11 is 0. The number of ketones is 1. The molecule has 1 unspecified atom stereocenters. The molecular formula is C26H26N4O4. The fourth-order valence-corrected chi connectivity index (χ4v) is 3.81. The number of hydrogen-bond donors (Lipinski definition) is 3. The predicted molar refractivity (Wildman–Crippen MR) is 127 cm³/mol. The Kier molecular flexibility index (Phi) is 6.06. The number of aromatic nitrogens is 2. The summed E-state index contributed by atoms with van der Waals surface area (Å²) in [5, 5.41) is 5.44. The summed E-state index contributed by atoms with van der Waals surface area (Å²) in [7, 11) is 1.56. The lowest BCUT2D eigenvalue weighted by atomic mass is 9.88. The monoisotopic (exact) mass is 458 g/mol. The number of aromatic amines is 1. The van der Waals surface area contributed by atoms with E-state index in [9.17, 15) is 14.4 Å². The molecule has 0 saturated carbocycles. The molecule has 0 aliphatic carbocycles. The zero-order valence-electron chi connectivity index (χ0n) is 19.4. The van der Waals surface area contributed by atoms with Crippen LogP contribution >= 0.6 is 0 Å². The van der Waals surface area contributed by atoms with Gasteiger partial charge in [-0.25, -0.2) is 4.98 Å². The quantitative estimate of drug-likeness (QED) is 0.401. The second-order valence-corrected chi connectivity index (χ2v) is 9.05. The van der Waals surface area contributed by atoms with Gasteiger partial charge in [0.1, 0.15) is 11.4 Å². The minimum absolute atomic E-state index is 0.104. The summed E-state index contributed by atoms with van der Waals surface area (Å²) in [6, 6.07) is 12.8. The smallest absolute Gasteiger partial charge is 0.268 e. The van der Waals surface area contributed by atoms with Crippen LogP contribution in [0.5, 0.6) is 5.75 Å². The van der Waals surface area contributed by atoms with Gasteiger partial charge < -0.3 is 20.4 Å². The highest BCUT2D eigenvalue weighted by Crippen LogP contribution is 2.28. The van der Waals surface area contributed by atoms with Crippen molar-refractivity contribution in [3.05, 3.63) is 88.6 Å². The summed E-state index contributed by atoms with van der Waals surface area (Å²) in [6.07, 6.45) is 3.07. The van der Waals surface area contributed by atoms with Gasteiger partial charge in [0, 0.05) is 16.5 Å². The third-order valence-corrected chi connectivity index (χ3v) is 5.52. The van der Waals surface area contributed by atoms with Crippen molar-refractivity contribution in [2.75, 3.05) is 7.11 Å². The van der Waals surface area contributed by atoms with E-state index in [1.165, 1.54) is 6.33 Å². The second-order valence-electron chi connectivity index (χ2n) is 9.05. The molecule has 1 aliphatic heterocycles. The lowest BCUT2D eigenvalue weighted by molar-refractivity contribution is -0.131. The molecule has 2 aromatic carbocycles. The molecule has 0 bridgehead atoms. The molecular weight excluding hydrogens is 432 g/mol. The first-order valence-electron chi connectivity index (χ1n) is 10.8. The van der Waals surface area contributed by atoms with Crippen LogP contribution in [0.2, 0.25) is 0 Å². The van der Waals surface area contributed by atoms with E-state index in [-0.39, 0.29) is 22.8 Å².